The third-order valence-electron chi connectivity index (χ3n) is 3.91. The van der Waals surface area contributed by atoms with Crippen molar-refractivity contribution in [2.75, 3.05) is 11.9 Å². The fourth-order valence-corrected chi connectivity index (χ4v) is 2.75. The molecule has 1 aliphatic rings. The first-order valence-electron chi connectivity index (χ1n) is 7.60. The molecular weight excluding hydrogens is 271 g/mol. The quantitative estimate of drug-likeness (QED) is 0.839. The van der Waals surface area contributed by atoms with E-state index in [0.717, 1.165) is 32.1 Å². The topological polar surface area (TPSA) is 64.3 Å². The summed E-state index contributed by atoms with van der Waals surface area (Å²) in [4.78, 5) is 12.3. The van der Waals surface area contributed by atoms with Gasteiger partial charge < -0.3 is 15.8 Å². The second kappa shape index (κ2) is 7.41. The molecule has 1 amide bonds. The Balaban J connectivity index is 2.03. The molecule has 0 aliphatic heterocycles. The van der Waals surface area contributed by atoms with Gasteiger partial charge in [-0.2, -0.15) is 0 Å². The summed E-state index contributed by atoms with van der Waals surface area (Å²) < 4.78 is 18.9. The van der Waals surface area contributed by atoms with Crippen LogP contribution in [0.3, 0.4) is 0 Å². The van der Waals surface area contributed by atoms with Crippen LogP contribution in [-0.2, 0) is 4.79 Å². The maximum atomic E-state index is 13.8. The molecule has 2 unspecified atom stereocenters. The number of nitrogens with two attached hydrogens (primary N) is 1. The Morgan fingerprint density at radius 3 is 2.86 bits per heavy atom. The second-order valence-corrected chi connectivity index (χ2v) is 5.48. The number of anilines is 1. The Morgan fingerprint density at radius 1 is 1.38 bits per heavy atom. The highest BCUT2D eigenvalue weighted by molar-refractivity contribution is 5.93. The molecule has 3 N–H and O–H groups in total. The molecule has 2 atom stereocenters. The summed E-state index contributed by atoms with van der Waals surface area (Å²) in [6.45, 7) is 2.20. The molecule has 0 bridgehead atoms. The van der Waals surface area contributed by atoms with Crippen LogP contribution < -0.4 is 15.8 Å². The van der Waals surface area contributed by atoms with E-state index in [9.17, 15) is 9.18 Å². The van der Waals surface area contributed by atoms with Crippen molar-refractivity contribution in [3.05, 3.63) is 24.0 Å². The zero-order valence-electron chi connectivity index (χ0n) is 12.4. The fraction of sp³-hybridized carbons (Fsp3) is 0.562. The summed E-state index contributed by atoms with van der Waals surface area (Å²) in [6.07, 6.45) is 4.88. The van der Waals surface area contributed by atoms with Gasteiger partial charge in [-0.3, -0.25) is 4.79 Å². The van der Waals surface area contributed by atoms with Crippen molar-refractivity contribution < 1.29 is 13.9 Å². The van der Waals surface area contributed by atoms with Gasteiger partial charge in [-0.15, -0.1) is 0 Å². The van der Waals surface area contributed by atoms with Crippen molar-refractivity contribution in [3.8, 4) is 5.75 Å². The van der Waals surface area contributed by atoms with Gasteiger partial charge in [-0.05, 0) is 31.9 Å². The largest absolute Gasteiger partial charge is 0.491 e. The summed E-state index contributed by atoms with van der Waals surface area (Å²) in [7, 11) is 0. The molecule has 1 aromatic carbocycles. The minimum atomic E-state index is -0.472. The van der Waals surface area contributed by atoms with E-state index in [-0.39, 0.29) is 23.6 Å². The molecule has 0 saturated heterocycles. The van der Waals surface area contributed by atoms with E-state index in [4.69, 9.17) is 10.5 Å². The molecule has 116 valence electrons. The van der Waals surface area contributed by atoms with Gasteiger partial charge in [0.15, 0.2) is 11.6 Å². The van der Waals surface area contributed by atoms with Crippen LogP contribution in [-0.4, -0.2) is 18.6 Å². The third kappa shape index (κ3) is 4.17. The van der Waals surface area contributed by atoms with Crippen molar-refractivity contribution >= 4 is 11.6 Å². The maximum absolute atomic E-state index is 13.8. The Morgan fingerprint density at radius 2 is 2.14 bits per heavy atom. The molecule has 1 aromatic rings. The van der Waals surface area contributed by atoms with E-state index >= 15 is 0 Å². The molecule has 1 saturated carbocycles. The van der Waals surface area contributed by atoms with Crippen LogP contribution >= 0.6 is 0 Å². The number of halogens is 1. The van der Waals surface area contributed by atoms with Crippen LogP contribution in [0.5, 0.6) is 5.75 Å². The average Bonchev–Trinajstić information content (AvgIpc) is 2.66. The zero-order valence-corrected chi connectivity index (χ0v) is 12.4. The van der Waals surface area contributed by atoms with Gasteiger partial charge in [0.2, 0.25) is 5.91 Å². The highest BCUT2D eigenvalue weighted by atomic mass is 19.1. The lowest BCUT2D eigenvalue weighted by Gasteiger charge is -2.20. The molecule has 0 aromatic heterocycles. The maximum Gasteiger partial charge on any atom is 0.229 e. The van der Waals surface area contributed by atoms with Gasteiger partial charge in [0.25, 0.3) is 0 Å². The SMILES string of the molecule is CCOc1ccc(NC(=O)C2CCCCCC2N)cc1F. The van der Waals surface area contributed by atoms with E-state index in [1.165, 1.54) is 12.1 Å². The lowest BCUT2D eigenvalue weighted by atomic mass is 9.94. The molecule has 5 heteroatoms. The first-order chi connectivity index (χ1) is 10.1. The molecule has 4 nitrogen and oxygen atoms in total. The van der Waals surface area contributed by atoms with E-state index in [2.05, 4.69) is 5.32 Å². The minimum absolute atomic E-state index is 0.111. The third-order valence-corrected chi connectivity index (χ3v) is 3.91. The lowest BCUT2D eigenvalue weighted by molar-refractivity contribution is -0.120. The number of rotatable bonds is 4. The van der Waals surface area contributed by atoms with Crippen LogP contribution in [0.2, 0.25) is 0 Å². The summed E-state index contributed by atoms with van der Waals surface area (Å²) in [5, 5.41) is 2.77. The fourth-order valence-electron chi connectivity index (χ4n) is 2.75. The van der Waals surface area contributed by atoms with E-state index in [1.54, 1.807) is 13.0 Å². The molecule has 0 spiro atoms. The Labute approximate surface area is 124 Å². The van der Waals surface area contributed by atoms with E-state index < -0.39 is 5.82 Å². The highest BCUT2D eigenvalue weighted by Gasteiger charge is 2.27. The molecule has 0 radical (unpaired) electrons. The zero-order chi connectivity index (χ0) is 15.2. The first kappa shape index (κ1) is 15.8. The Hall–Kier alpha value is -1.62. The van der Waals surface area contributed by atoms with Crippen LogP contribution in [0, 0.1) is 11.7 Å². The van der Waals surface area contributed by atoms with Gasteiger partial charge in [-0.25, -0.2) is 4.39 Å². The number of hydrogen-bond acceptors (Lipinski definition) is 3. The molecule has 1 aliphatic carbocycles. The minimum Gasteiger partial charge on any atom is -0.491 e. The van der Waals surface area contributed by atoms with E-state index in [1.807, 2.05) is 0 Å². The molecule has 0 heterocycles. The first-order valence-corrected chi connectivity index (χ1v) is 7.60. The number of amides is 1. The number of carbonyl (C=O) groups excluding carboxylic acids is 1. The molecule has 2 rings (SSSR count). The Bertz CT molecular complexity index is 493. The van der Waals surface area contributed by atoms with Crippen LogP contribution in [0.1, 0.15) is 39.0 Å². The summed E-state index contributed by atoms with van der Waals surface area (Å²) in [6, 6.07) is 4.35. The summed E-state index contributed by atoms with van der Waals surface area (Å²) in [5.41, 5.74) is 6.51. The monoisotopic (exact) mass is 294 g/mol. The number of benzene rings is 1. The normalized spacial score (nSPS) is 22.4. The van der Waals surface area contributed by atoms with Crippen molar-refractivity contribution in [2.24, 2.45) is 11.7 Å². The number of ether oxygens (including phenoxy) is 1. The second-order valence-electron chi connectivity index (χ2n) is 5.48. The van der Waals surface area contributed by atoms with Crippen molar-refractivity contribution in [2.45, 2.75) is 45.1 Å². The summed E-state index contributed by atoms with van der Waals surface area (Å²) in [5.74, 6) is -0.587. The standard InChI is InChI=1S/C16H23FN2O2/c1-2-21-15-9-8-11(10-13(15)17)19-16(20)12-6-4-3-5-7-14(12)18/h8-10,12,14H,2-7,18H2,1H3,(H,19,20). The average molecular weight is 294 g/mol. The molecular formula is C16H23FN2O2. The van der Waals surface area contributed by atoms with Gasteiger partial charge in [0.1, 0.15) is 0 Å². The Kier molecular flexibility index (Phi) is 5.56. The summed E-state index contributed by atoms with van der Waals surface area (Å²) >= 11 is 0. The van der Waals surface area contributed by atoms with Gasteiger partial charge >= 0.3 is 0 Å². The predicted octanol–water partition coefficient (Wildman–Crippen LogP) is 3.07. The van der Waals surface area contributed by atoms with Crippen molar-refractivity contribution in [1.29, 1.82) is 0 Å². The van der Waals surface area contributed by atoms with Gasteiger partial charge in [-0.1, -0.05) is 19.3 Å². The number of nitrogens with one attached hydrogen (secondary N) is 1. The van der Waals surface area contributed by atoms with E-state index in [0.29, 0.717) is 12.3 Å². The van der Waals surface area contributed by atoms with Crippen molar-refractivity contribution in [1.82, 2.24) is 0 Å². The van der Waals surface area contributed by atoms with Gasteiger partial charge in [0, 0.05) is 17.8 Å². The highest BCUT2D eigenvalue weighted by Crippen LogP contribution is 2.25. The molecule has 21 heavy (non-hydrogen) atoms. The number of carbonyl (C=O) groups is 1. The number of hydrogen-bond donors (Lipinski definition) is 2. The van der Waals surface area contributed by atoms with Crippen LogP contribution in [0.15, 0.2) is 18.2 Å². The van der Waals surface area contributed by atoms with Crippen LogP contribution in [0.25, 0.3) is 0 Å². The molecule has 1 fully saturated rings. The van der Waals surface area contributed by atoms with Crippen molar-refractivity contribution in [3.63, 3.8) is 0 Å². The van der Waals surface area contributed by atoms with Crippen LogP contribution in [0.4, 0.5) is 10.1 Å². The predicted molar refractivity (Wildman–Crippen MR) is 80.7 cm³/mol. The lowest BCUT2D eigenvalue weighted by Crippen LogP contribution is -2.37. The van der Waals surface area contributed by atoms with Gasteiger partial charge in [0.05, 0.1) is 12.5 Å². The smallest absolute Gasteiger partial charge is 0.229 e.